The zero-order chi connectivity index (χ0) is 13.7. The lowest BCUT2D eigenvalue weighted by atomic mass is 10.2. The van der Waals surface area contributed by atoms with Gasteiger partial charge < -0.3 is 20.0 Å². The molecule has 6 nitrogen and oxygen atoms in total. The van der Waals surface area contributed by atoms with Gasteiger partial charge in [0.2, 0.25) is 5.91 Å². The van der Waals surface area contributed by atoms with Crippen LogP contribution in [0, 0.1) is 0 Å². The van der Waals surface area contributed by atoms with Gasteiger partial charge in [-0.15, -0.1) is 12.4 Å². The lowest BCUT2D eigenvalue weighted by molar-refractivity contribution is -0.131. The number of hydrogen-bond donors (Lipinski definition) is 2. The lowest BCUT2D eigenvalue weighted by Crippen LogP contribution is -2.40. The van der Waals surface area contributed by atoms with Crippen molar-refractivity contribution in [2.75, 3.05) is 26.7 Å². The van der Waals surface area contributed by atoms with Crippen LogP contribution in [0.4, 0.5) is 0 Å². The van der Waals surface area contributed by atoms with Gasteiger partial charge in [-0.05, 0) is 25.1 Å². The third kappa shape index (κ3) is 4.25. The van der Waals surface area contributed by atoms with Crippen LogP contribution in [0.25, 0.3) is 0 Å². The van der Waals surface area contributed by atoms with Crippen molar-refractivity contribution in [1.82, 2.24) is 15.5 Å². The quantitative estimate of drug-likeness (QED) is 0.837. The van der Waals surface area contributed by atoms with Crippen molar-refractivity contribution in [3.63, 3.8) is 0 Å². The molecule has 0 bridgehead atoms. The molecule has 2 rings (SSSR count). The molecule has 1 aromatic heterocycles. The molecule has 7 heteroatoms. The number of rotatable bonds is 5. The maximum absolute atomic E-state index is 11.9. The standard InChI is InChI=1S/C13H19N3O3.ClH/c1-16(10-4-6-14-9-10)12(17)5-7-15-13(18)11-3-2-8-19-11;/h2-3,8,10,14H,4-7,9H2,1H3,(H,15,18);1H. The average Bonchev–Trinajstić information content (AvgIpc) is 3.10. The molecule has 112 valence electrons. The predicted molar refractivity (Wildman–Crippen MR) is 77.0 cm³/mol. The Bertz CT molecular complexity index is 430. The molecule has 1 fully saturated rings. The second-order valence-electron chi connectivity index (χ2n) is 4.63. The Morgan fingerprint density at radius 2 is 2.35 bits per heavy atom. The normalized spacial score (nSPS) is 17.4. The van der Waals surface area contributed by atoms with Crippen molar-refractivity contribution in [1.29, 1.82) is 0 Å². The monoisotopic (exact) mass is 301 g/mol. The second-order valence-corrected chi connectivity index (χ2v) is 4.63. The molecule has 1 aliphatic rings. The van der Waals surface area contributed by atoms with E-state index >= 15 is 0 Å². The number of amides is 2. The molecule has 2 N–H and O–H groups in total. The SMILES string of the molecule is CN(C(=O)CCNC(=O)c1ccco1)C1CCNC1.Cl. The molecule has 1 aliphatic heterocycles. The van der Waals surface area contributed by atoms with Crippen LogP contribution in [-0.2, 0) is 4.79 Å². The molecule has 0 aliphatic carbocycles. The number of furan rings is 1. The zero-order valence-corrected chi connectivity index (χ0v) is 12.2. The summed E-state index contributed by atoms with van der Waals surface area (Å²) in [7, 11) is 1.81. The van der Waals surface area contributed by atoms with Gasteiger partial charge in [-0.25, -0.2) is 0 Å². The molecule has 0 aromatic carbocycles. The molecule has 0 radical (unpaired) electrons. The van der Waals surface area contributed by atoms with Crippen LogP contribution in [-0.4, -0.2) is 49.4 Å². The number of likely N-dealkylation sites (N-methyl/N-ethyl adjacent to an activating group) is 1. The summed E-state index contributed by atoms with van der Waals surface area (Å²) >= 11 is 0. The van der Waals surface area contributed by atoms with Crippen LogP contribution in [0.15, 0.2) is 22.8 Å². The first-order valence-electron chi connectivity index (χ1n) is 6.46. The average molecular weight is 302 g/mol. The van der Waals surface area contributed by atoms with Crippen LogP contribution >= 0.6 is 12.4 Å². The Morgan fingerprint density at radius 3 is 2.95 bits per heavy atom. The minimum absolute atomic E-state index is 0. The molecular weight excluding hydrogens is 282 g/mol. The van der Waals surface area contributed by atoms with Gasteiger partial charge in [-0.1, -0.05) is 0 Å². The highest BCUT2D eigenvalue weighted by molar-refractivity contribution is 5.91. The molecular formula is C13H20ClN3O3. The number of nitrogens with zero attached hydrogens (tertiary/aromatic N) is 1. The lowest BCUT2D eigenvalue weighted by Gasteiger charge is -2.23. The second kappa shape index (κ2) is 7.91. The van der Waals surface area contributed by atoms with Crippen molar-refractivity contribution < 1.29 is 14.0 Å². The number of hydrogen-bond acceptors (Lipinski definition) is 4. The van der Waals surface area contributed by atoms with Crippen LogP contribution in [0.2, 0.25) is 0 Å². The Balaban J connectivity index is 0.00000200. The highest BCUT2D eigenvalue weighted by Crippen LogP contribution is 2.07. The first-order chi connectivity index (χ1) is 9.18. The Morgan fingerprint density at radius 1 is 1.55 bits per heavy atom. The van der Waals surface area contributed by atoms with Gasteiger partial charge in [0.25, 0.3) is 5.91 Å². The minimum Gasteiger partial charge on any atom is -0.459 e. The molecule has 1 aromatic rings. The van der Waals surface area contributed by atoms with Crippen molar-refractivity contribution in [2.45, 2.75) is 18.9 Å². The maximum Gasteiger partial charge on any atom is 0.286 e. The van der Waals surface area contributed by atoms with E-state index in [-0.39, 0.29) is 36.0 Å². The van der Waals surface area contributed by atoms with E-state index < -0.39 is 0 Å². The first kappa shape index (κ1) is 16.5. The molecule has 20 heavy (non-hydrogen) atoms. The molecule has 1 saturated heterocycles. The van der Waals surface area contributed by atoms with Gasteiger partial charge in [0.15, 0.2) is 5.76 Å². The van der Waals surface area contributed by atoms with Crippen LogP contribution in [0.3, 0.4) is 0 Å². The van der Waals surface area contributed by atoms with E-state index in [0.717, 1.165) is 19.5 Å². The highest BCUT2D eigenvalue weighted by atomic mass is 35.5. The molecule has 1 atom stereocenters. The van der Waals surface area contributed by atoms with E-state index in [1.807, 2.05) is 7.05 Å². The van der Waals surface area contributed by atoms with Crippen molar-refractivity contribution in [2.24, 2.45) is 0 Å². The van der Waals surface area contributed by atoms with Gasteiger partial charge in [-0.3, -0.25) is 9.59 Å². The highest BCUT2D eigenvalue weighted by Gasteiger charge is 2.22. The van der Waals surface area contributed by atoms with E-state index in [2.05, 4.69) is 10.6 Å². The zero-order valence-electron chi connectivity index (χ0n) is 11.4. The van der Waals surface area contributed by atoms with Gasteiger partial charge in [0, 0.05) is 32.6 Å². The van der Waals surface area contributed by atoms with E-state index in [9.17, 15) is 9.59 Å². The molecule has 2 heterocycles. The molecule has 0 spiro atoms. The smallest absolute Gasteiger partial charge is 0.286 e. The van der Waals surface area contributed by atoms with Crippen LogP contribution in [0.5, 0.6) is 0 Å². The third-order valence-electron chi connectivity index (χ3n) is 3.34. The van der Waals surface area contributed by atoms with Crippen LogP contribution in [0.1, 0.15) is 23.4 Å². The summed E-state index contributed by atoms with van der Waals surface area (Å²) in [6, 6.07) is 3.52. The maximum atomic E-state index is 11.9. The van der Waals surface area contributed by atoms with Crippen molar-refractivity contribution >= 4 is 24.2 Å². The number of nitrogens with one attached hydrogen (secondary N) is 2. The largest absolute Gasteiger partial charge is 0.459 e. The van der Waals surface area contributed by atoms with E-state index in [1.165, 1.54) is 6.26 Å². The van der Waals surface area contributed by atoms with Gasteiger partial charge >= 0.3 is 0 Å². The third-order valence-corrected chi connectivity index (χ3v) is 3.34. The summed E-state index contributed by atoms with van der Waals surface area (Å²) in [5, 5.41) is 5.89. The summed E-state index contributed by atoms with van der Waals surface area (Å²) in [6.45, 7) is 2.13. The Labute approximate surface area is 124 Å². The minimum atomic E-state index is -0.289. The number of halogens is 1. The summed E-state index contributed by atoms with van der Waals surface area (Å²) < 4.78 is 4.97. The van der Waals surface area contributed by atoms with Gasteiger partial charge in [0.05, 0.1) is 6.26 Å². The molecule has 0 saturated carbocycles. The summed E-state index contributed by atoms with van der Waals surface area (Å²) in [5.74, 6) is 0.0252. The van der Waals surface area contributed by atoms with Crippen molar-refractivity contribution in [3.05, 3.63) is 24.2 Å². The fraction of sp³-hybridized carbons (Fsp3) is 0.538. The summed E-state index contributed by atoms with van der Waals surface area (Å²) in [5.41, 5.74) is 0. The van der Waals surface area contributed by atoms with E-state index in [4.69, 9.17) is 4.42 Å². The number of carbonyl (C=O) groups is 2. The van der Waals surface area contributed by atoms with E-state index in [0.29, 0.717) is 13.0 Å². The fourth-order valence-corrected chi connectivity index (χ4v) is 2.13. The van der Waals surface area contributed by atoms with Crippen molar-refractivity contribution in [3.8, 4) is 0 Å². The van der Waals surface area contributed by atoms with E-state index in [1.54, 1.807) is 17.0 Å². The topological polar surface area (TPSA) is 74.6 Å². The molecule has 1 unspecified atom stereocenters. The summed E-state index contributed by atoms with van der Waals surface area (Å²) in [4.78, 5) is 25.3. The first-order valence-corrected chi connectivity index (χ1v) is 6.46. The van der Waals surface area contributed by atoms with Gasteiger partial charge in [0.1, 0.15) is 0 Å². The van der Waals surface area contributed by atoms with Crippen LogP contribution < -0.4 is 10.6 Å². The van der Waals surface area contributed by atoms with Gasteiger partial charge in [-0.2, -0.15) is 0 Å². The summed E-state index contributed by atoms with van der Waals surface area (Å²) in [6.07, 6.45) is 2.74. The molecule has 2 amide bonds. The predicted octanol–water partition coefficient (Wildman–Crippen LogP) is 0.642. The fourth-order valence-electron chi connectivity index (χ4n) is 2.13. The Hall–Kier alpha value is -1.53. The number of carbonyl (C=O) groups excluding carboxylic acids is 2. The Kier molecular flexibility index (Phi) is 6.54.